The number of nitrogens with zero attached hydrogens (tertiary/aromatic N) is 3. The van der Waals surface area contributed by atoms with Crippen molar-refractivity contribution in [2.24, 2.45) is 0 Å². The molecule has 1 aliphatic rings. The van der Waals surface area contributed by atoms with Crippen LogP contribution in [0.3, 0.4) is 0 Å². The van der Waals surface area contributed by atoms with E-state index in [4.69, 9.17) is 4.98 Å². The highest BCUT2D eigenvalue weighted by atomic mass is 32.1. The normalized spacial score (nSPS) is 15.1. The molecule has 3 aromatic rings. The number of anilines is 1. The van der Waals surface area contributed by atoms with E-state index >= 15 is 0 Å². The predicted molar refractivity (Wildman–Crippen MR) is 106 cm³/mol. The van der Waals surface area contributed by atoms with Gasteiger partial charge in [-0.15, -0.1) is 11.3 Å². The minimum atomic E-state index is 0.234. The number of amides is 1. The molecule has 0 radical (unpaired) electrons. The molecule has 2 aromatic heterocycles. The van der Waals surface area contributed by atoms with Crippen LogP contribution in [-0.4, -0.2) is 42.0 Å². The topological polar surface area (TPSA) is 36.4 Å². The highest BCUT2D eigenvalue weighted by Crippen LogP contribution is 2.32. The molecule has 0 N–H and O–H groups in total. The summed E-state index contributed by atoms with van der Waals surface area (Å²) in [5.41, 5.74) is 3.64. The van der Waals surface area contributed by atoms with E-state index in [1.165, 1.54) is 15.8 Å². The van der Waals surface area contributed by atoms with Crippen LogP contribution in [-0.2, 0) is 11.2 Å². The molecule has 1 fully saturated rings. The van der Waals surface area contributed by atoms with Gasteiger partial charge < -0.3 is 9.80 Å². The molecule has 1 saturated heterocycles. The molecule has 0 spiro atoms. The second-order valence-electron chi connectivity index (χ2n) is 6.55. The van der Waals surface area contributed by atoms with Crippen LogP contribution in [0.2, 0.25) is 0 Å². The number of carbonyl (C=O) groups is 1. The lowest BCUT2D eigenvalue weighted by molar-refractivity contribution is -0.130. The monoisotopic (exact) mass is 371 g/mol. The first-order valence-corrected chi connectivity index (χ1v) is 10.2. The summed E-state index contributed by atoms with van der Waals surface area (Å²) in [6, 6.07) is 8.40. The summed E-state index contributed by atoms with van der Waals surface area (Å²) in [6.07, 6.45) is 0.525. The number of aryl methyl sites for hydroxylation is 2. The van der Waals surface area contributed by atoms with Crippen LogP contribution in [0.4, 0.5) is 5.13 Å². The molecule has 1 amide bonds. The van der Waals surface area contributed by atoms with E-state index in [2.05, 4.69) is 30.9 Å². The maximum absolute atomic E-state index is 12.4. The first kappa shape index (κ1) is 16.5. The van der Waals surface area contributed by atoms with Gasteiger partial charge in [0.2, 0.25) is 5.91 Å². The summed E-state index contributed by atoms with van der Waals surface area (Å²) < 4.78 is 1.27. The van der Waals surface area contributed by atoms with Gasteiger partial charge in [0, 0.05) is 31.1 Å². The van der Waals surface area contributed by atoms with Crippen LogP contribution in [0.25, 0.3) is 10.2 Å². The Kier molecular flexibility index (Phi) is 4.48. The SMILES string of the molecule is Cc1cc(C)c2sc(N3CCN(C(=O)Cc4cccs4)CC3)nc2c1. The average molecular weight is 372 g/mol. The van der Waals surface area contributed by atoms with Crippen LogP contribution in [0, 0.1) is 13.8 Å². The Labute approximate surface area is 155 Å². The van der Waals surface area contributed by atoms with Gasteiger partial charge >= 0.3 is 0 Å². The van der Waals surface area contributed by atoms with Crippen molar-refractivity contribution in [3.63, 3.8) is 0 Å². The van der Waals surface area contributed by atoms with Crippen molar-refractivity contribution >= 4 is 43.9 Å². The molecule has 0 bridgehead atoms. The molecule has 1 aliphatic heterocycles. The summed E-state index contributed by atoms with van der Waals surface area (Å²) in [5, 5.41) is 3.10. The Balaban J connectivity index is 1.43. The number of carbonyl (C=O) groups excluding carboxylic acids is 1. The molecule has 130 valence electrons. The second kappa shape index (κ2) is 6.77. The predicted octanol–water partition coefficient (Wildman–Crippen LogP) is 3.87. The summed E-state index contributed by atoms with van der Waals surface area (Å²) in [4.78, 5) is 22.7. The van der Waals surface area contributed by atoms with E-state index in [-0.39, 0.29) is 5.91 Å². The molecular weight excluding hydrogens is 350 g/mol. The minimum Gasteiger partial charge on any atom is -0.345 e. The highest BCUT2D eigenvalue weighted by molar-refractivity contribution is 7.22. The minimum absolute atomic E-state index is 0.234. The van der Waals surface area contributed by atoms with Crippen molar-refractivity contribution < 1.29 is 4.79 Å². The Morgan fingerprint density at radius 2 is 2.00 bits per heavy atom. The number of piperazine rings is 1. The van der Waals surface area contributed by atoms with Gasteiger partial charge in [-0.3, -0.25) is 4.79 Å². The Bertz CT molecular complexity index is 893. The van der Waals surface area contributed by atoms with Gasteiger partial charge in [-0.2, -0.15) is 0 Å². The smallest absolute Gasteiger partial charge is 0.227 e. The molecule has 0 saturated carbocycles. The summed E-state index contributed by atoms with van der Waals surface area (Å²) in [6.45, 7) is 7.53. The van der Waals surface area contributed by atoms with Gasteiger partial charge in [0.15, 0.2) is 5.13 Å². The molecule has 0 atom stereocenters. The summed E-state index contributed by atoms with van der Waals surface area (Å²) in [7, 11) is 0. The van der Waals surface area contributed by atoms with Gasteiger partial charge in [-0.1, -0.05) is 23.5 Å². The van der Waals surface area contributed by atoms with Crippen molar-refractivity contribution in [1.82, 2.24) is 9.88 Å². The zero-order valence-electron chi connectivity index (χ0n) is 14.5. The van der Waals surface area contributed by atoms with Crippen LogP contribution in [0.1, 0.15) is 16.0 Å². The van der Waals surface area contributed by atoms with Gasteiger partial charge in [-0.25, -0.2) is 4.98 Å². The van der Waals surface area contributed by atoms with Gasteiger partial charge in [0.05, 0.1) is 16.6 Å². The zero-order chi connectivity index (χ0) is 17.4. The van der Waals surface area contributed by atoms with Crippen LogP contribution >= 0.6 is 22.7 Å². The summed E-state index contributed by atoms with van der Waals surface area (Å²) in [5.74, 6) is 0.234. The Morgan fingerprint density at radius 3 is 2.72 bits per heavy atom. The third-order valence-corrected chi connectivity index (χ3v) is 6.76. The molecule has 25 heavy (non-hydrogen) atoms. The first-order valence-electron chi connectivity index (χ1n) is 8.53. The van der Waals surface area contributed by atoms with Crippen molar-refractivity contribution in [3.8, 4) is 0 Å². The number of fused-ring (bicyclic) bond motifs is 1. The standard InChI is InChI=1S/C19H21N3OS2/c1-13-10-14(2)18-16(11-13)20-19(25-18)22-7-5-21(6-8-22)17(23)12-15-4-3-9-24-15/h3-4,9-11H,5-8,12H2,1-2H3. The zero-order valence-corrected chi connectivity index (χ0v) is 16.1. The maximum atomic E-state index is 12.4. The van der Waals surface area contributed by atoms with E-state index < -0.39 is 0 Å². The fourth-order valence-corrected chi connectivity index (χ4v) is 5.08. The van der Waals surface area contributed by atoms with E-state index in [0.717, 1.165) is 41.7 Å². The maximum Gasteiger partial charge on any atom is 0.227 e. The molecule has 0 aliphatic carbocycles. The van der Waals surface area contributed by atoms with Crippen LogP contribution in [0.5, 0.6) is 0 Å². The van der Waals surface area contributed by atoms with E-state index in [0.29, 0.717) is 6.42 Å². The van der Waals surface area contributed by atoms with Gasteiger partial charge in [0.25, 0.3) is 0 Å². The first-order chi connectivity index (χ1) is 12.1. The lowest BCUT2D eigenvalue weighted by Gasteiger charge is -2.34. The number of hydrogen-bond acceptors (Lipinski definition) is 5. The number of hydrogen-bond donors (Lipinski definition) is 0. The summed E-state index contributed by atoms with van der Waals surface area (Å²) >= 11 is 3.42. The number of rotatable bonds is 3. The lowest BCUT2D eigenvalue weighted by atomic mass is 10.1. The van der Waals surface area contributed by atoms with Gasteiger partial charge in [0.1, 0.15) is 0 Å². The third-order valence-electron chi connectivity index (χ3n) is 4.62. The van der Waals surface area contributed by atoms with Crippen molar-refractivity contribution in [2.45, 2.75) is 20.3 Å². The van der Waals surface area contributed by atoms with Crippen molar-refractivity contribution in [3.05, 3.63) is 45.6 Å². The van der Waals surface area contributed by atoms with E-state index in [1.54, 1.807) is 22.7 Å². The molecule has 1 aromatic carbocycles. The Morgan fingerprint density at radius 1 is 1.20 bits per heavy atom. The number of benzene rings is 1. The molecule has 0 unspecified atom stereocenters. The van der Waals surface area contributed by atoms with Crippen LogP contribution in [0.15, 0.2) is 29.6 Å². The number of thiazole rings is 1. The molecule has 3 heterocycles. The number of thiophene rings is 1. The van der Waals surface area contributed by atoms with Crippen molar-refractivity contribution in [1.29, 1.82) is 0 Å². The third kappa shape index (κ3) is 3.41. The average Bonchev–Trinajstić information content (AvgIpc) is 3.24. The molecule has 4 rings (SSSR count). The van der Waals surface area contributed by atoms with E-state index in [9.17, 15) is 4.79 Å². The van der Waals surface area contributed by atoms with Crippen molar-refractivity contribution in [2.75, 3.05) is 31.1 Å². The van der Waals surface area contributed by atoms with Crippen LogP contribution < -0.4 is 4.90 Å². The number of aromatic nitrogens is 1. The molecule has 4 nitrogen and oxygen atoms in total. The quantitative estimate of drug-likeness (QED) is 0.701. The largest absolute Gasteiger partial charge is 0.345 e. The molecule has 6 heteroatoms. The lowest BCUT2D eigenvalue weighted by Crippen LogP contribution is -2.49. The fraction of sp³-hybridized carbons (Fsp3) is 0.368. The fourth-order valence-electron chi connectivity index (χ4n) is 3.32. The van der Waals surface area contributed by atoms with Gasteiger partial charge in [-0.05, 0) is 42.5 Å². The highest BCUT2D eigenvalue weighted by Gasteiger charge is 2.23. The molecular formula is C19H21N3OS2. The van der Waals surface area contributed by atoms with E-state index in [1.807, 2.05) is 22.4 Å². The second-order valence-corrected chi connectivity index (χ2v) is 8.56. The Hall–Kier alpha value is -1.92.